The van der Waals surface area contributed by atoms with Crippen LogP contribution in [0.1, 0.15) is 18.2 Å². The first-order valence-corrected chi connectivity index (χ1v) is 8.60. The van der Waals surface area contributed by atoms with Gasteiger partial charge in [-0.25, -0.2) is 0 Å². The molecule has 3 rings (SSSR count). The number of nitrogens with one attached hydrogen (secondary N) is 2. The lowest BCUT2D eigenvalue weighted by Gasteiger charge is -2.14. The molecular weight excluding hydrogens is 336 g/mol. The Hall–Kier alpha value is -2.37. The van der Waals surface area contributed by atoms with Crippen LogP contribution in [-0.2, 0) is 13.1 Å². The third-order valence-corrected chi connectivity index (χ3v) is 4.29. The maximum atomic E-state index is 12.1. The van der Waals surface area contributed by atoms with Gasteiger partial charge in [-0.2, -0.15) is 5.10 Å². The second kappa shape index (κ2) is 7.68. The molecule has 1 aromatic carbocycles. The third-order valence-electron chi connectivity index (χ3n) is 4.03. The standard InChI is InChI=1S/C19H21ClN4O/c1-13-7-8-24(23-13)12-14(2)21-11-17-9-16(10-22-19(17)25)15-3-5-18(20)6-4-15/h3-10,14,21H,11-12H2,1-2H3,(H,22,25). The number of aromatic nitrogens is 3. The summed E-state index contributed by atoms with van der Waals surface area (Å²) >= 11 is 5.93. The molecule has 0 saturated carbocycles. The smallest absolute Gasteiger partial charge is 0.252 e. The van der Waals surface area contributed by atoms with Gasteiger partial charge in [0.1, 0.15) is 0 Å². The molecule has 0 aliphatic carbocycles. The first-order chi connectivity index (χ1) is 12.0. The maximum Gasteiger partial charge on any atom is 0.252 e. The van der Waals surface area contributed by atoms with Crippen molar-refractivity contribution >= 4 is 11.6 Å². The highest BCUT2D eigenvalue weighted by molar-refractivity contribution is 6.30. The second-order valence-electron chi connectivity index (χ2n) is 6.21. The number of aryl methyl sites for hydroxylation is 1. The predicted octanol–water partition coefficient (Wildman–Crippen LogP) is 3.38. The van der Waals surface area contributed by atoms with E-state index in [0.717, 1.165) is 23.4 Å². The molecule has 0 spiro atoms. The summed E-state index contributed by atoms with van der Waals surface area (Å²) in [4.78, 5) is 14.9. The Kier molecular flexibility index (Phi) is 5.36. The van der Waals surface area contributed by atoms with Gasteiger partial charge in [-0.1, -0.05) is 23.7 Å². The van der Waals surface area contributed by atoms with Crippen LogP contribution < -0.4 is 10.9 Å². The van der Waals surface area contributed by atoms with Crippen LogP contribution >= 0.6 is 11.6 Å². The van der Waals surface area contributed by atoms with Gasteiger partial charge in [0.05, 0.1) is 12.2 Å². The molecule has 0 aliphatic rings. The summed E-state index contributed by atoms with van der Waals surface area (Å²) in [7, 11) is 0. The molecule has 2 N–H and O–H groups in total. The highest BCUT2D eigenvalue weighted by Gasteiger charge is 2.08. The van der Waals surface area contributed by atoms with Crippen LogP contribution in [-0.4, -0.2) is 20.8 Å². The van der Waals surface area contributed by atoms with E-state index in [4.69, 9.17) is 11.6 Å². The number of benzene rings is 1. The van der Waals surface area contributed by atoms with Crippen molar-refractivity contribution in [2.45, 2.75) is 33.0 Å². The zero-order chi connectivity index (χ0) is 17.8. The minimum absolute atomic E-state index is 0.0765. The van der Waals surface area contributed by atoms with Crippen molar-refractivity contribution in [3.8, 4) is 11.1 Å². The van der Waals surface area contributed by atoms with Gasteiger partial charge in [0.2, 0.25) is 0 Å². The van der Waals surface area contributed by atoms with Crippen LogP contribution in [0.2, 0.25) is 5.02 Å². The summed E-state index contributed by atoms with van der Waals surface area (Å²) in [5.74, 6) is 0. The summed E-state index contributed by atoms with van der Waals surface area (Å²) in [5, 5.41) is 8.46. The highest BCUT2D eigenvalue weighted by atomic mass is 35.5. The van der Waals surface area contributed by atoms with Crippen molar-refractivity contribution < 1.29 is 0 Å². The van der Waals surface area contributed by atoms with Crippen molar-refractivity contribution in [1.29, 1.82) is 0 Å². The maximum absolute atomic E-state index is 12.1. The molecule has 0 bridgehead atoms. The molecule has 130 valence electrons. The number of nitrogens with zero attached hydrogens (tertiary/aromatic N) is 2. The average Bonchev–Trinajstić information content (AvgIpc) is 3.00. The number of hydrogen-bond acceptors (Lipinski definition) is 3. The lowest BCUT2D eigenvalue weighted by Crippen LogP contribution is -2.32. The molecule has 0 amide bonds. The Balaban J connectivity index is 1.68. The molecule has 6 heteroatoms. The average molecular weight is 357 g/mol. The lowest BCUT2D eigenvalue weighted by molar-refractivity contribution is 0.449. The first-order valence-electron chi connectivity index (χ1n) is 8.22. The van der Waals surface area contributed by atoms with Gasteiger partial charge in [0.15, 0.2) is 0 Å². The van der Waals surface area contributed by atoms with E-state index in [1.165, 1.54) is 0 Å². The topological polar surface area (TPSA) is 62.7 Å². The summed E-state index contributed by atoms with van der Waals surface area (Å²) in [6.45, 7) is 5.30. The van der Waals surface area contributed by atoms with E-state index >= 15 is 0 Å². The van der Waals surface area contributed by atoms with Gasteiger partial charge in [-0.05, 0) is 49.2 Å². The molecule has 0 radical (unpaired) electrons. The number of halogens is 1. The zero-order valence-electron chi connectivity index (χ0n) is 14.3. The second-order valence-corrected chi connectivity index (χ2v) is 6.65. The van der Waals surface area contributed by atoms with Crippen molar-refractivity contribution in [3.63, 3.8) is 0 Å². The molecule has 25 heavy (non-hydrogen) atoms. The van der Waals surface area contributed by atoms with E-state index in [2.05, 4.69) is 22.3 Å². The molecule has 5 nitrogen and oxygen atoms in total. The first kappa shape index (κ1) is 17.5. The van der Waals surface area contributed by atoms with Crippen LogP contribution in [0.4, 0.5) is 0 Å². The molecule has 0 aliphatic heterocycles. The number of rotatable bonds is 6. The van der Waals surface area contributed by atoms with E-state index in [1.54, 1.807) is 6.20 Å². The van der Waals surface area contributed by atoms with Gasteiger partial charge < -0.3 is 10.3 Å². The lowest BCUT2D eigenvalue weighted by atomic mass is 10.1. The van der Waals surface area contributed by atoms with Crippen molar-refractivity contribution in [2.24, 2.45) is 0 Å². The SMILES string of the molecule is Cc1ccn(CC(C)NCc2cc(-c3ccc(Cl)cc3)c[nH]c2=O)n1. The van der Waals surface area contributed by atoms with E-state index in [1.807, 2.05) is 54.2 Å². The highest BCUT2D eigenvalue weighted by Crippen LogP contribution is 2.20. The summed E-state index contributed by atoms with van der Waals surface area (Å²) < 4.78 is 1.90. The van der Waals surface area contributed by atoms with Crippen molar-refractivity contribution in [2.75, 3.05) is 0 Å². The minimum atomic E-state index is -0.0765. The summed E-state index contributed by atoms with van der Waals surface area (Å²) in [6, 6.07) is 11.7. The molecule has 3 aromatic rings. The van der Waals surface area contributed by atoms with Gasteiger partial charge in [-0.3, -0.25) is 9.48 Å². The fourth-order valence-corrected chi connectivity index (χ4v) is 2.79. The van der Waals surface area contributed by atoms with Gasteiger partial charge >= 0.3 is 0 Å². The van der Waals surface area contributed by atoms with Gasteiger partial charge in [0.25, 0.3) is 5.56 Å². The van der Waals surface area contributed by atoms with E-state index in [-0.39, 0.29) is 11.6 Å². The number of pyridine rings is 1. The van der Waals surface area contributed by atoms with E-state index in [9.17, 15) is 4.79 Å². The number of aromatic amines is 1. The Bertz CT molecular complexity index is 898. The largest absolute Gasteiger partial charge is 0.328 e. The number of H-pyrrole nitrogens is 1. The van der Waals surface area contributed by atoms with E-state index < -0.39 is 0 Å². The number of hydrogen-bond donors (Lipinski definition) is 2. The summed E-state index contributed by atoms with van der Waals surface area (Å²) in [6.07, 6.45) is 3.69. The van der Waals surface area contributed by atoms with Crippen LogP contribution in [0.3, 0.4) is 0 Å². The predicted molar refractivity (Wildman–Crippen MR) is 101 cm³/mol. The normalized spacial score (nSPS) is 12.3. The van der Waals surface area contributed by atoms with Crippen LogP contribution in [0, 0.1) is 6.92 Å². The van der Waals surface area contributed by atoms with Crippen molar-refractivity contribution in [1.82, 2.24) is 20.1 Å². The molecule has 1 atom stereocenters. The van der Waals surface area contributed by atoms with E-state index in [0.29, 0.717) is 17.1 Å². The molecule has 2 heterocycles. The molecular formula is C19H21ClN4O. The van der Waals surface area contributed by atoms with Crippen LogP contribution in [0.5, 0.6) is 0 Å². The minimum Gasteiger partial charge on any atom is -0.328 e. The zero-order valence-corrected chi connectivity index (χ0v) is 15.0. The Labute approximate surface area is 151 Å². The van der Waals surface area contributed by atoms with Gasteiger partial charge in [-0.15, -0.1) is 0 Å². The fraction of sp³-hybridized carbons (Fsp3) is 0.263. The Morgan fingerprint density at radius 3 is 2.68 bits per heavy atom. The van der Waals surface area contributed by atoms with Crippen LogP contribution in [0.15, 0.2) is 53.6 Å². The monoisotopic (exact) mass is 356 g/mol. The quantitative estimate of drug-likeness (QED) is 0.711. The molecule has 0 saturated heterocycles. The Morgan fingerprint density at radius 2 is 2.00 bits per heavy atom. The molecule has 2 aromatic heterocycles. The summed E-state index contributed by atoms with van der Waals surface area (Å²) in [5.41, 5.74) is 3.60. The van der Waals surface area contributed by atoms with Crippen LogP contribution in [0.25, 0.3) is 11.1 Å². The molecule has 0 fully saturated rings. The Morgan fingerprint density at radius 1 is 1.24 bits per heavy atom. The fourth-order valence-electron chi connectivity index (χ4n) is 2.67. The third kappa shape index (κ3) is 4.59. The molecule has 1 unspecified atom stereocenters. The van der Waals surface area contributed by atoms with Gasteiger partial charge in [0, 0.05) is 35.6 Å². The van der Waals surface area contributed by atoms with Crippen molar-refractivity contribution in [3.05, 3.63) is 75.4 Å².